The zero-order chi connectivity index (χ0) is 14.9. The number of carbonyl (C=O) groups excluding carboxylic acids is 1. The quantitative estimate of drug-likeness (QED) is 0.740. The van der Waals surface area contributed by atoms with Gasteiger partial charge in [-0.2, -0.15) is 0 Å². The molecular weight excluding hydrogens is 260 g/mol. The Labute approximate surface area is 126 Å². The van der Waals surface area contributed by atoms with Gasteiger partial charge in [0.05, 0.1) is 6.10 Å². The van der Waals surface area contributed by atoms with Crippen molar-refractivity contribution in [2.45, 2.75) is 45.6 Å². The fraction of sp³-hybridized carbons (Fsp3) is 0.421. The molecule has 0 atom stereocenters. The second-order valence-electron chi connectivity index (χ2n) is 6.87. The maximum atomic E-state index is 10.8. The summed E-state index contributed by atoms with van der Waals surface area (Å²) < 4.78 is 6.14. The van der Waals surface area contributed by atoms with E-state index in [1.165, 1.54) is 12.8 Å². The van der Waals surface area contributed by atoms with Crippen LogP contribution >= 0.6 is 0 Å². The van der Waals surface area contributed by atoms with Gasteiger partial charge in [0.25, 0.3) is 0 Å². The van der Waals surface area contributed by atoms with Gasteiger partial charge in [0.2, 0.25) is 0 Å². The summed E-state index contributed by atoms with van der Waals surface area (Å²) in [5.41, 5.74) is 1.18. The first-order chi connectivity index (χ1) is 10.1. The van der Waals surface area contributed by atoms with E-state index in [1.807, 2.05) is 30.3 Å². The molecule has 0 aliphatic heterocycles. The topological polar surface area (TPSA) is 26.3 Å². The highest BCUT2D eigenvalue weighted by atomic mass is 16.5. The smallest absolute Gasteiger partial charge is 0.150 e. The summed E-state index contributed by atoms with van der Waals surface area (Å²) in [6.07, 6.45) is 5.95. The molecule has 0 heterocycles. The molecule has 2 aromatic carbocycles. The molecule has 1 aliphatic rings. The molecule has 0 aromatic heterocycles. The van der Waals surface area contributed by atoms with Crippen molar-refractivity contribution in [3.8, 4) is 5.75 Å². The van der Waals surface area contributed by atoms with Crippen LogP contribution in [-0.2, 0) is 0 Å². The van der Waals surface area contributed by atoms with Crippen molar-refractivity contribution in [3.05, 3.63) is 42.0 Å². The molecule has 1 saturated carbocycles. The first kappa shape index (κ1) is 14.1. The molecule has 110 valence electrons. The molecule has 0 amide bonds. The number of rotatable bonds is 3. The van der Waals surface area contributed by atoms with E-state index >= 15 is 0 Å². The van der Waals surface area contributed by atoms with Crippen molar-refractivity contribution in [1.82, 2.24) is 0 Å². The average molecular weight is 282 g/mol. The summed E-state index contributed by atoms with van der Waals surface area (Å²) >= 11 is 0. The second-order valence-corrected chi connectivity index (χ2v) is 6.87. The molecule has 3 rings (SSSR count). The van der Waals surface area contributed by atoms with E-state index < -0.39 is 0 Å². The summed E-state index contributed by atoms with van der Waals surface area (Å²) in [6, 6.07) is 11.9. The minimum atomic E-state index is 0.338. The first-order valence-electron chi connectivity index (χ1n) is 7.71. The van der Waals surface area contributed by atoms with Crippen molar-refractivity contribution in [1.29, 1.82) is 0 Å². The van der Waals surface area contributed by atoms with Gasteiger partial charge < -0.3 is 4.74 Å². The standard InChI is InChI=1S/C19H22O2/c1-19(2)9-7-17(8-10-19)21-18-6-5-15-11-14(13-20)3-4-16(15)12-18/h3-6,11-13,17H,7-10H2,1-2H3. The Balaban J connectivity index is 1.74. The minimum Gasteiger partial charge on any atom is -0.490 e. The maximum Gasteiger partial charge on any atom is 0.150 e. The van der Waals surface area contributed by atoms with Gasteiger partial charge in [-0.25, -0.2) is 0 Å². The van der Waals surface area contributed by atoms with E-state index in [0.29, 0.717) is 17.1 Å². The molecule has 2 heteroatoms. The number of benzene rings is 2. The van der Waals surface area contributed by atoms with E-state index in [4.69, 9.17) is 4.74 Å². The number of aldehydes is 1. The van der Waals surface area contributed by atoms with E-state index in [-0.39, 0.29) is 0 Å². The lowest BCUT2D eigenvalue weighted by Gasteiger charge is -2.34. The molecule has 2 nitrogen and oxygen atoms in total. The molecule has 0 spiro atoms. The Morgan fingerprint density at radius 3 is 2.43 bits per heavy atom. The maximum absolute atomic E-state index is 10.8. The number of carbonyl (C=O) groups is 1. The van der Waals surface area contributed by atoms with Crippen molar-refractivity contribution in [3.63, 3.8) is 0 Å². The predicted octanol–water partition coefficient (Wildman–Crippen LogP) is 5.00. The Morgan fingerprint density at radius 2 is 1.71 bits per heavy atom. The molecule has 21 heavy (non-hydrogen) atoms. The first-order valence-corrected chi connectivity index (χ1v) is 7.71. The lowest BCUT2D eigenvalue weighted by atomic mass is 9.76. The second kappa shape index (κ2) is 5.51. The van der Waals surface area contributed by atoms with Crippen LogP contribution in [0, 0.1) is 5.41 Å². The highest BCUT2D eigenvalue weighted by Gasteiger charge is 2.27. The van der Waals surface area contributed by atoms with E-state index in [2.05, 4.69) is 19.9 Å². The summed E-state index contributed by atoms with van der Waals surface area (Å²) in [7, 11) is 0. The van der Waals surface area contributed by atoms with Gasteiger partial charge in [-0.15, -0.1) is 0 Å². The van der Waals surface area contributed by atoms with Gasteiger partial charge >= 0.3 is 0 Å². The summed E-state index contributed by atoms with van der Waals surface area (Å²) in [5, 5.41) is 2.20. The Hall–Kier alpha value is -1.83. The monoisotopic (exact) mass is 282 g/mol. The fourth-order valence-electron chi connectivity index (χ4n) is 3.07. The van der Waals surface area contributed by atoms with Crippen LogP contribution in [0.4, 0.5) is 0 Å². The van der Waals surface area contributed by atoms with Crippen LogP contribution in [0.3, 0.4) is 0 Å². The van der Waals surface area contributed by atoms with Crippen LogP contribution in [0.5, 0.6) is 5.75 Å². The van der Waals surface area contributed by atoms with Gasteiger partial charge in [-0.1, -0.05) is 32.0 Å². The van der Waals surface area contributed by atoms with Crippen LogP contribution in [-0.4, -0.2) is 12.4 Å². The van der Waals surface area contributed by atoms with Crippen molar-refractivity contribution < 1.29 is 9.53 Å². The van der Waals surface area contributed by atoms with E-state index in [9.17, 15) is 4.79 Å². The van der Waals surface area contributed by atoms with E-state index in [0.717, 1.165) is 35.6 Å². The predicted molar refractivity (Wildman–Crippen MR) is 86.0 cm³/mol. The van der Waals surface area contributed by atoms with Gasteiger partial charge in [0, 0.05) is 5.56 Å². The zero-order valence-electron chi connectivity index (χ0n) is 12.8. The highest BCUT2D eigenvalue weighted by molar-refractivity contribution is 5.89. The molecule has 2 aromatic rings. The van der Waals surface area contributed by atoms with Crippen molar-refractivity contribution >= 4 is 17.1 Å². The van der Waals surface area contributed by atoms with Crippen LogP contribution in [0.15, 0.2) is 36.4 Å². The van der Waals surface area contributed by atoms with Crippen LogP contribution in [0.2, 0.25) is 0 Å². The van der Waals surface area contributed by atoms with Gasteiger partial charge in [-0.3, -0.25) is 4.79 Å². The average Bonchev–Trinajstić information content (AvgIpc) is 2.49. The normalized spacial score (nSPS) is 18.6. The number of ether oxygens (including phenoxy) is 1. The van der Waals surface area contributed by atoms with Crippen molar-refractivity contribution in [2.24, 2.45) is 5.41 Å². The molecule has 0 N–H and O–H groups in total. The SMILES string of the molecule is CC1(C)CCC(Oc2ccc3cc(C=O)ccc3c2)CC1. The summed E-state index contributed by atoms with van der Waals surface area (Å²) in [5.74, 6) is 0.936. The highest BCUT2D eigenvalue weighted by Crippen LogP contribution is 2.36. The molecule has 0 saturated heterocycles. The molecule has 0 unspecified atom stereocenters. The molecule has 0 radical (unpaired) electrons. The van der Waals surface area contributed by atoms with Crippen LogP contribution < -0.4 is 4.74 Å². The number of fused-ring (bicyclic) bond motifs is 1. The summed E-state index contributed by atoms with van der Waals surface area (Å²) in [4.78, 5) is 10.8. The molecule has 1 aliphatic carbocycles. The Kier molecular flexibility index (Phi) is 3.71. The largest absolute Gasteiger partial charge is 0.490 e. The molecule has 1 fully saturated rings. The molecule has 0 bridgehead atoms. The van der Waals surface area contributed by atoms with Gasteiger partial charge in [0.15, 0.2) is 0 Å². The third kappa shape index (κ3) is 3.26. The van der Waals surface area contributed by atoms with Crippen molar-refractivity contribution in [2.75, 3.05) is 0 Å². The third-order valence-electron chi connectivity index (χ3n) is 4.56. The lowest BCUT2D eigenvalue weighted by molar-refractivity contribution is 0.0989. The molecular formula is C19H22O2. The number of hydrogen-bond donors (Lipinski definition) is 0. The Bertz CT molecular complexity index is 648. The summed E-state index contributed by atoms with van der Waals surface area (Å²) in [6.45, 7) is 4.67. The third-order valence-corrected chi connectivity index (χ3v) is 4.56. The fourth-order valence-corrected chi connectivity index (χ4v) is 3.07. The minimum absolute atomic E-state index is 0.338. The van der Waals surface area contributed by atoms with Crippen LogP contribution in [0.1, 0.15) is 49.9 Å². The lowest BCUT2D eigenvalue weighted by Crippen LogP contribution is -2.28. The van der Waals surface area contributed by atoms with Crippen LogP contribution in [0.25, 0.3) is 10.8 Å². The van der Waals surface area contributed by atoms with E-state index in [1.54, 1.807) is 0 Å². The zero-order valence-corrected chi connectivity index (χ0v) is 12.8. The van der Waals surface area contributed by atoms with Gasteiger partial charge in [-0.05, 0) is 60.1 Å². The number of hydrogen-bond acceptors (Lipinski definition) is 2. The van der Waals surface area contributed by atoms with Gasteiger partial charge in [0.1, 0.15) is 12.0 Å². The Morgan fingerprint density at radius 1 is 1.05 bits per heavy atom.